The van der Waals surface area contributed by atoms with Crippen LogP contribution in [0.3, 0.4) is 0 Å². The topological polar surface area (TPSA) is 122 Å². The van der Waals surface area contributed by atoms with Crippen LogP contribution >= 0.6 is 0 Å². The van der Waals surface area contributed by atoms with Crippen molar-refractivity contribution in [2.45, 2.75) is 43.5 Å². The van der Waals surface area contributed by atoms with E-state index in [4.69, 9.17) is 9.84 Å². The van der Waals surface area contributed by atoms with Gasteiger partial charge in [-0.05, 0) is 38.1 Å². The lowest BCUT2D eigenvalue weighted by Crippen LogP contribution is -2.49. The van der Waals surface area contributed by atoms with Crippen molar-refractivity contribution < 1.29 is 27.9 Å². The molecule has 0 heterocycles. The summed E-state index contributed by atoms with van der Waals surface area (Å²) >= 11 is 0. The van der Waals surface area contributed by atoms with Crippen LogP contribution in [0.25, 0.3) is 0 Å². The molecule has 0 atom stereocenters. The van der Waals surface area contributed by atoms with Gasteiger partial charge < -0.3 is 15.2 Å². The third kappa shape index (κ3) is 4.93. The number of nitrogens with one attached hydrogen (secondary N) is 2. The van der Waals surface area contributed by atoms with E-state index in [1.54, 1.807) is 13.8 Å². The first-order valence-electron chi connectivity index (χ1n) is 7.80. The Labute approximate surface area is 147 Å². The van der Waals surface area contributed by atoms with Gasteiger partial charge >= 0.3 is 5.97 Å². The van der Waals surface area contributed by atoms with E-state index in [9.17, 15) is 18.0 Å². The summed E-state index contributed by atoms with van der Waals surface area (Å²) in [6.07, 6.45) is 0.641. The van der Waals surface area contributed by atoms with Crippen LogP contribution in [0.2, 0.25) is 0 Å². The van der Waals surface area contributed by atoms with Crippen LogP contribution in [0.4, 0.5) is 0 Å². The second kappa shape index (κ2) is 8.30. The fourth-order valence-corrected chi connectivity index (χ4v) is 3.38. The van der Waals surface area contributed by atoms with Gasteiger partial charge in [-0.3, -0.25) is 9.59 Å². The number of carboxylic acids is 1. The summed E-state index contributed by atoms with van der Waals surface area (Å²) in [6.45, 7) is 3.58. The van der Waals surface area contributed by atoms with Crippen molar-refractivity contribution in [1.29, 1.82) is 0 Å². The number of hydrogen-bond donors (Lipinski definition) is 3. The van der Waals surface area contributed by atoms with Gasteiger partial charge in [0.25, 0.3) is 5.91 Å². The largest absolute Gasteiger partial charge is 0.495 e. The first kappa shape index (κ1) is 20.9. The molecule has 3 N–H and O–H groups in total. The molecule has 0 radical (unpaired) electrons. The van der Waals surface area contributed by atoms with E-state index in [-0.39, 0.29) is 22.6 Å². The van der Waals surface area contributed by atoms with Gasteiger partial charge in [0, 0.05) is 5.56 Å². The van der Waals surface area contributed by atoms with Crippen molar-refractivity contribution in [1.82, 2.24) is 10.0 Å². The minimum atomic E-state index is -3.82. The predicted molar refractivity (Wildman–Crippen MR) is 92.3 cm³/mol. The number of methoxy groups -OCH3 is 1. The third-order valence-electron chi connectivity index (χ3n) is 4.21. The van der Waals surface area contributed by atoms with E-state index in [0.717, 1.165) is 0 Å². The maximum absolute atomic E-state index is 12.6. The number of rotatable bonds is 9. The zero-order chi connectivity index (χ0) is 19.3. The van der Waals surface area contributed by atoms with Crippen LogP contribution in [-0.2, 0) is 14.8 Å². The summed E-state index contributed by atoms with van der Waals surface area (Å²) in [5.74, 6) is -1.45. The van der Waals surface area contributed by atoms with Gasteiger partial charge in [0.15, 0.2) is 0 Å². The van der Waals surface area contributed by atoms with Crippen molar-refractivity contribution in [3.8, 4) is 5.75 Å². The molecule has 0 bridgehead atoms. The molecule has 0 saturated heterocycles. The Bertz CT molecular complexity index is 741. The summed E-state index contributed by atoms with van der Waals surface area (Å²) in [7, 11) is -1.23. The highest BCUT2D eigenvalue weighted by molar-refractivity contribution is 7.89. The van der Waals surface area contributed by atoms with Crippen molar-refractivity contribution in [2.24, 2.45) is 0 Å². The molecule has 9 heteroatoms. The Hall–Kier alpha value is -2.13. The quantitative estimate of drug-likeness (QED) is 0.602. The molecule has 1 amide bonds. The number of ether oxygens (including phenoxy) is 1. The lowest BCUT2D eigenvalue weighted by Gasteiger charge is -2.31. The zero-order valence-corrected chi connectivity index (χ0v) is 15.6. The number of carbonyl (C=O) groups excluding carboxylic acids is 1. The summed E-state index contributed by atoms with van der Waals surface area (Å²) in [4.78, 5) is 23.5. The molecule has 0 aliphatic heterocycles. The highest BCUT2D eigenvalue weighted by Crippen LogP contribution is 2.26. The number of aliphatic carboxylic acids is 1. The standard InChI is InChI=1S/C16H24N2O6S/c1-5-16(6-2,10-14(19)20)18-15(21)11-7-8-12(24-4)13(9-11)25(22,23)17-3/h7-9,17H,5-6,10H2,1-4H3,(H,18,21)(H,19,20). The fourth-order valence-electron chi connectivity index (χ4n) is 2.46. The molecule has 25 heavy (non-hydrogen) atoms. The Morgan fingerprint density at radius 2 is 1.84 bits per heavy atom. The normalized spacial score (nSPS) is 11.8. The summed E-state index contributed by atoms with van der Waals surface area (Å²) in [5.41, 5.74) is -0.795. The molecule has 1 aromatic rings. The van der Waals surface area contributed by atoms with Crippen LogP contribution in [-0.4, -0.2) is 45.1 Å². The van der Waals surface area contributed by atoms with E-state index in [1.165, 1.54) is 32.4 Å². The first-order chi connectivity index (χ1) is 11.6. The fraction of sp³-hybridized carbons (Fsp3) is 0.500. The number of carbonyl (C=O) groups is 2. The summed E-state index contributed by atoms with van der Waals surface area (Å²) in [5, 5.41) is 11.8. The highest BCUT2D eigenvalue weighted by atomic mass is 32.2. The predicted octanol–water partition coefficient (Wildman–Crippen LogP) is 1.37. The Morgan fingerprint density at radius 3 is 2.28 bits per heavy atom. The van der Waals surface area contributed by atoms with E-state index >= 15 is 0 Å². The second-order valence-corrected chi connectivity index (χ2v) is 7.44. The molecule has 1 rings (SSSR count). The van der Waals surface area contributed by atoms with Crippen LogP contribution in [0, 0.1) is 0 Å². The van der Waals surface area contributed by atoms with Gasteiger partial charge in [0.05, 0.1) is 19.1 Å². The van der Waals surface area contributed by atoms with Gasteiger partial charge in [0.1, 0.15) is 10.6 Å². The monoisotopic (exact) mass is 372 g/mol. The first-order valence-corrected chi connectivity index (χ1v) is 9.29. The van der Waals surface area contributed by atoms with Crippen molar-refractivity contribution in [2.75, 3.05) is 14.2 Å². The molecule has 0 aromatic heterocycles. The van der Waals surface area contributed by atoms with E-state index in [2.05, 4.69) is 10.0 Å². The van der Waals surface area contributed by atoms with Crippen molar-refractivity contribution in [3.05, 3.63) is 23.8 Å². The van der Waals surface area contributed by atoms with Gasteiger partial charge in [-0.25, -0.2) is 13.1 Å². The molecule has 0 spiro atoms. The maximum atomic E-state index is 12.6. The van der Waals surface area contributed by atoms with Gasteiger partial charge in [-0.1, -0.05) is 13.8 Å². The molecular formula is C16H24N2O6S. The van der Waals surface area contributed by atoms with Crippen LogP contribution in [0.15, 0.2) is 23.1 Å². The summed E-state index contributed by atoms with van der Waals surface area (Å²) < 4.78 is 31.4. The minimum Gasteiger partial charge on any atom is -0.495 e. The average molecular weight is 372 g/mol. The molecule has 0 unspecified atom stereocenters. The maximum Gasteiger partial charge on any atom is 0.305 e. The number of amides is 1. The van der Waals surface area contributed by atoms with E-state index < -0.39 is 27.4 Å². The van der Waals surface area contributed by atoms with Gasteiger partial charge in [-0.2, -0.15) is 0 Å². The molecule has 8 nitrogen and oxygen atoms in total. The number of hydrogen-bond acceptors (Lipinski definition) is 5. The smallest absolute Gasteiger partial charge is 0.305 e. The summed E-state index contributed by atoms with van der Waals surface area (Å²) in [6, 6.07) is 4.02. The molecule has 140 valence electrons. The Balaban J connectivity index is 3.26. The van der Waals surface area contributed by atoms with Crippen molar-refractivity contribution >= 4 is 21.9 Å². The molecule has 0 aliphatic rings. The lowest BCUT2D eigenvalue weighted by atomic mass is 9.88. The number of sulfonamides is 1. The molecular weight excluding hydrogens is 348 g/mol. The average Bonchev–Trinajstić information content (AvgIpc) is 2.59. The lowest BCUT2D eigenvalue weighted by molar-refractivity contribution is -0.138. The molecule has 0 saturated carbocycles. The van der Waals surface area contributed by atoms with Gasteiger partial charge in [0.2, 0.25) is 10.0 Å². The SMILES string of the molecule is CCC(CC)(CC(=O)O)NC(=O)c1ccc(OC)c(S(=O)(=O)NC)c1. The van der Waals surface area contributed by atoms with Crippen LogP contribution in [0.5, 0.6) is 5.75 Å². The molecule has 0 aliphatic carbocycles. The number of carboxylic acid groups (broad SMARTS) is 1. The molecule has 0 fully saturated rings. The van der Waals surface area contributed by atoms with E-state index in [1.807, 2.05) is 0 Å². The molecule has 1 aromatic carbocycles. The van der Waals surface area contributed by atoms with Gasteiger partial charge in [-0.15, -0.1) is 0 Å². The number of benzene rings is 1. The third-order valence-corrected chi connectivity index (χ3v) is 5.64. The minimum absolute atomic E-state index is 0.103. The Morgan fingerprint density at radius 1 is 1.24 bits per heavy atom. The highest BCUT2D eigenvalue weighted by Gasteiger charge is 2.31. The van der Waals surface area contributed by atoms with Crippen molar-refractivity contribution in [3.63, 3.8) is 0 Å². The van der Waals surface area contributed by atoms with Crippen LogP contribution in [0.1, 0.15) is 43.5 Å². The van der Waals surface area contributed by atoms with Crippen LogP contribution < -0.4 is 14.8 Å². The van der Waals surface area contributed by atoms with E-state index in [0.29, 0.717) is 12.8 Å². The second-order valence-electron chi connectivity index (χ2n) is 5.59. The zero-order valence-electron chi connectivity index (χ0n) is 14.8. The Kier molecular flexibility index (Phi) is 6.95.